The molecule has 1 aliphatic rings. The molecule has 0 aliphatic carbocycles. The van der Waals surface area contributed by atoms with Gasteiger partial charge in [-0.25, -0.2) is 16.8 Å². The smallest absolute Gasteiger partial charge is 0.229 e. The van der Waals surface area contributed by atoms with Crippen molar-refractivity contribution >= 4 is 31.5 Å². The van der Waals surface area contributed by atoms with Crippen molar-refractivity contribution in [2.45, 2.75) is 31.2 Å². The summed E-state index contributed by atoms with van der Waals surface area (Å²) in [7, 11) is -6.99. The maximum absolute atomic E-state index is 12.9. The average Bonchev–Trinajstić information content (AvgIpc) is 2.76. The molecule has 8 heteroatoms. The van der Waals surface area contributed by atoms with Crippen LogP contribution in [0.15, 0.2) is 29.2 Å². The number of nitrogens with zero attached hydrogens (tertiary/aromatic N) is 1. The van der Waals surface area contributed by atoms with Crippen LogP contribution in [0.3, 0.4) is 0 Å². The third kappa shape index (κ3) is 3.82. The zero-order chi connectivity index (χ0) is 16.5. The molecule has 2 rings (SSSR count). The van der Waals surface area contributed by atoms with Crippen LogP contribution in [-0.2, 0) is 19.9 Å². The average molecular weight is 366 g/mol. The highest BCUT2D eigenvalue weighted by molar-refractivity contribution is 7.92. The Hall–Kier alpha value is -0.630. The molecule has 1 aliphatic heterocycles. The summed E-state index contributed by atoms with van der Waals surface area (Å²) in [5, 5.41) is 0.150. The molecule has 0 unspecified atom stereocenters. The summed E-state index contributed by atoms with van der Waals surface area (Å²) >= 11 is 6.03. The molecule has 0 N–H and O–H groups in total. The Morgan fingerprint density at radius 1 is 1.32 bits per heavy atom. The monoisotopic (exact) mass is 365 g/mol. The zero-order valence-corrected chi connectivity index (χ0v) is 15.0. The number of sulfonamides is 1. The van der Waals surface area contributed by atoms with Crippen LogP contribution in [-0.4, -0.2) is 45.2 Å². The van der Waals surface area contributed by atoms with Crippen molar-refractivity contribution in [3.8, 4) is 0 Å². The van der Waals surface area contributed by atoms with Gasteiger partial charge in [-0.1, -0.05) is 37.6 Å². The van der Waals surface area contributed by atoms with Gasteiger partial charge < -0.3 is 0 Å². The lowest BCUT2D eigenvalue weighted by molar-refractivity contribution is 0.308. The topological polar surface area (TPSA) is 71.5 Å². The highest BCUT2D eigenvalue weighted by Crippen LogP contribution is 2.29. The molecule has 1 aromatic carbocycles. The first-order valence-corrected chi connectivity index (χ1v) is 10.7. The van der Waals surface area contributed by atoms with E-state index in [1.54, 1.807) is 12.1 Å². The molecule has 0 spiro atoms. The van der Waals surface area contributed by atoms with Gasteiger partial charge in [-0.05, 0) is 24.5 Å². The molecule has 0 aromatic heterocycles. The number of rotatable bonds is 5. The molecule has 124 valence electrons. The summed E-state index contributed by atoms with van der Waals surface area (Å²) in [5.41, 5.74) is 0. The molecular formula is C14H20ClNO4S2. The maximum Gasteiger partial charge on any atom is 0.244 e. The standard InChI is InChI=1S/C14H20ClNO4S2/c1-11(2)9-16(12-7-8-21(17,18)10-12)22(19,20)14-6-4-3-5-13(14)15/h3-6,11-12H,7-10H2,1-2H3/t12-/m1/s1. The van der Waals surface area contributed by atoms with Crippen LogP contribution < -0.4 is 0 Å². The fourth-order valence-electron chi connectivity index (χ4n) is 2.59. The number of hydrogen-bond acceptors (Lipinski definition) is 4. The largest absolute Gasteiger partial charge is 0.244 e. The van der Waals surface area contributed by atoms with Gasteiger partial charge in [0.25, 0.3) is 0 Å². The van der Waals surface area contributed by atoms with E-state index in [9.17, 15) is 16.8 Å². The van der Waals surface area contributed by atoms with E-state index in [2.05, 4.69) is 0 Å². The van der Waals surface area contributed by atoms with Gasteiger partial charge in [0.05, 0.1) is 16.5 Å². The number of hydrogen-bond donors (Lipinski definition) is 0. The van der Waals surface area contributed by atoms with Crippen molar-refractivity contribution in [3.05, 3.63) is 29.3 Å². The summed E-state index contributed by atoms with van der Waals surface area (Å²) in [6.07, 6.45) is 0.332. The fourth-order valence-corrected chi connectivity index (χ4v) is 6.72. The number of halogens is 1. The van der Waals surface area contributed by atoms with Crippen LogP contribution in [0.2, 0.25) is 5.02 Å². The van der Waals surface area contributed by atoms with Crippen molar-refractivity contribution in [3.63, 3.8) is 0 Å². The van der Waals surface area contributed by atoms with Gasteiger partial charge >= 0.3 is 0 Å². The summed E-state index contributed by atoms with van der Waals surface area (Å²) in [4.78, 5) is 0.0293. The van der Waals surface area contributed by atoms with E-state index >= 15 is 0 Å². The lowest BCUT2D eigenvalue weighted by Crippen LogP contribution is -2.43. The van der Waals surface area contributed by atoms with Crippen molar-refractivity contribution in [2.24, 2.45) is 5.92 Å². The van der Waals surface area contributed by atoms with Crippen LogP contribution in [0.4, 0.5) is 0 Å². The zero-order valence-electron chi connectivity index (χ0n) is 12.6. The van der Waals surface area contributed by atoms with Crippen LogP contribution in [0.1, 0.15) is 20.3 Å². The lowest BCUT2D eigenvalue weighted by atomic mass is 10.2. The van der Waals surface area contributed by atoms with Gasteiger partial charge in [0, 0.05) is 12.6 Å². The summed E-state index contributed by atoms with van der Waals surface area (Å²) in [5.74, 6) is -0.00572. The van der Waals surface area contributed by atoms with Gasteiger partial charge in [0.1, 0.15) is 4.90 Å². The van der Waals surface area contributed by atoms with Gasteiger partial charge in [-0.3, -0.25) is 0 Å². The third-order valence-corrected chi connectivity index (χ3v) is 7.75. The minimum atomic E-state index is -3.82. The Labute approximate surface area is 137 Å². The Morgan fingerprint density at radius 2 is 1.95 bits per heavy atom. The molecule has 1 heterocycles. The van der Waals surface area contributed by atoms with E-state index in [-0.39, 0.29) is 33.9 Å². The molecule has 1 atom stereocenters. The highest BCUT2D eigenvalue weighted by atomic mass is 35.5. The predicted octanol–water partition coefficient (Wildman–Crippen LogP) is 2.17. The van der Waals surface area contributed by atoms with Gasteiger partial charge in [-0.2, -0.15) is 4.31 Å². The van der Waals surface area contributed by atoms with Crippen molar-refractivity contribution < 1.29 is 16.8 Å². The van der Waals surface area contributed by atoms with Crippen LogP contribution >= 0.6 is 11.6 Å². The first-order valence-electron chi connectivity index (χ1n) is 7.10. The molecule has 0 amide bonds. The van der Waals surface area contributed by atoms with Crippen LogP contribution in [0, 0.1) is 5.92 Å². The van der Waals surface area contributed by atoms with Crippen molar-refractivity contribution in [2.75, 3.05) is 18.1 Å². The summed E-state index contributed by atoms with van der Waals surface area (Å²) in [6.45, 7) is 4.07. The van der Waals surface area contributed by atoms with E-state index in [1.165, 1.54) is 16.4 Å². The predicted molar refractivity (Wildman–Crippen MR) is 87.2 cm³/mol. The quantitative estimate of drug-likeness (QED) is 0.801. The lowest BCUT2D eigenvalue weighted by Gasteiger charge is -2.29. The molecule has 1 saturated heterocycles. The fraction of sp³-hybridized carbons (Fsp3) is 0.571. The maximum atomic E-state index is 12.9. The van der Waals surface area contributed by atoms with E-state index in [4.69, 9.17) is 11.6 Å². The van der Waals surface area contributed by atoms with Crippen LogP contribution in [0.25, 0.3) is 0 Å². The molecule has 0 saturated carbocycles. The molecule has 22 heavy (non-hydrogen) atoms. The molecule has 0 bridgehead atoms. The van der Waals surface area contributed by atoms with Crippen molar-refractivity contribution in [1.29, 1.82) is 0 Å². The molecule has 1 aromatic rings. The second-order valence-corrected chi connectivity index (χ2v) is 10.5. The third-order valence-electron chi connectivity index (χ3n) is 3.58. The number of sulfone groups is 1. The Morgan fingerprint density at radius 3 is 2.45 bits per heavy atom. The molecule has 1 fully saturated rings. The second-order valence-electron chi connectivity index (χ2n) is 5.96. The second kappa shape index (κ2) is 6.47. The highest BCUT2D eigenvalue weighted by Gasteiger charge is 2.39. The Balaban J connectivity index is 2.43. The van der Waals surface area contributed by atoms with Gasteiger partial charge in [-0.15, -0.1) is 0 Å². The van der Waals surface area contributed by atoms with E-state index in [1.807, 2.05) is 13.8 Å². The minimum absolute atomic E-state index is 0.0293. The van der Waals surface area contributed by atoms with E-state index in [0.717, 1.165) is 0 Å². The van der Waals surface area contributed by atoms with Crippen LogP contribution in [0.5, 0.6) is 0 Å². The summed E-state index contributed by atoms with van der Waals surface area (Å²) < 4.78 is 50.6. The number of benzene rings is 1. The van der Waals surface area contributed by atoms with Gasteiger partial charge in [0.2, 0.25) is 10.0 Å². The van der Waals surface area contributed by atoms with Gasteiger partial charge in [0.15, 0.2) is 9.84 Å². The normalized spacial score (nSPS) is 21.6. The Kier molecular flexibility index (Phi) is 5.21. The molecular weight excluding hydrogens is 346 g/mol. The minimum Gasteiger partial charge on any atom is -0.229 e. The van der Waals surface area contributed by atoms with Crippen molar-refractivity contribution in [1.82, 2.24) is 4.31 Å². The first kappa shape index (κ1) is 17.7. The summed E-state index contributed by atoms with van der Waals surface area (Å²) in [6, 6.07) is 5.72. The molecule has 5 nitrogen and oxygen atoms in total. The van der Waals surface area contributed by atoms with E-state index < -0.39 is 25.9 Å². The van der Waals surface area contributed by atoms with E-state index in [0.29, 0.717) is 6.42 Å². The first-order chi connectivity index (χ1) is 10.1. The Bertz CT molecular complexity index is 744. The SMILES string of the molecule is CC(C)CN([C@@H]1CCS(=O)(=O)C1)S(=O)(=O)c1ccccc1Cl. The molecule has 0 radical (unpaired) electrons.